The number of hydrogen-bond acceptors (Lipinski definition) is 5. The summed E-state index contributed by atoms with van der Waals surface area (Å²) in [4.78, 5) is 38.8. The molecule has 0 bridgehead atoms. The summed E-state index contributed by atoms with van der Waals surface area (Å²) in [5.74, 6) is -0.241. The van der Waals surface area contributed by atoms with E-state index in [2.05, 4.69) is 10.3 Å². The summed E-state index contributed by atoms with van der Waals surface area (Å²) in [5.41, 5.74) is 1.42. The molecule has 20 heavy (non-hydrogen) atoms. The van der Waals surface area contributed by atoms with Crippen LogP contribution >= 0.6 is 23.1 Å². The Hall–Kier alpha value is -1.80. The maximum atomic E-state index is 11.9. The minimum Gasteiger partial charge on any atom is -0.350 e. The number of imide groups is 1. The van der Waals surface area contributed by atoms with Crippen LogP contribution in [0.25, 0.3) is 10.2 Å². The number of H-pyrrole nitrogens is 1. The second kappa shape index (κ2) is 5.29. The van der Waals surface area contributed by atoms with Gasteiger partial charge in [0, 0.05) is 13.1 Å². The summed E-state index contributed by atoms with van der Waals surface area (Å²) < 4.78 is 1.02. The molecule has 3 heterocycles. The second-order valence-corrected chi connectivity index (χ2v) is 6.11. The van der Waals surface area contributed by atoms with Crippen LogP contribution in [0.2, 0.25) is 0 Å². The predicted molar refractivity (Wildman–Crippen MR) is 78.1 cm³/mol. The molecule has 0 atom stereocenters. The molecule has 1 saturated heterocycles. The number of fused-ring (bicyclic) bond motifs is 1. The predicted octanol–water partition coefficient (Wildman–Crippen LogP) is 1.65. The van der Waals surface area contributed by atoms with Gasteiger partial charge in [0.25, 0.3) is 11.1 Å². The zero-order valence-corrected chi connectivity index (χ0v) is 12.0. The molecular weight excluding hydrogens is 298 g/mol. The lowest BCUT2D eigenvalue weighted by molar-refractivity contribution is -0.124. The fourth-order valence-corrected chi connectivity index (χ4v) is 3.48. The summed E-state index contributed by atoms with van der Waals surface area (Å²) >= 11 is 2.55. The Kier molecular flexibility index (Phi) is 3.49. The molecule has 0 spiro atoms. The van der Waals surface area contributed by atoms with Crippen LogP contribution in [-0.2, 0) is 4.79 Å². The van der Waals surface area contributed by atoms with Gasteiger partial charge < -0.3 is 10.3 Å². The normalized spacial score (nSPS) is 15.3. The fraction of sp³-hybridized carbons (Fsp3) is 0.250. The number of amides is 3. The highest BCUT2D eigenvalue weighted by Crippen LogP contribution is 2.21. The van der Waals surface area contributed by atoms with Crippen LogP contribution in [0.5, 0.6) is 0 Å². The van der Waals surface area contributed by atoms with Crippen LogP contribution in [0.3, 0.4) is 0 Å². The average Bonchev–Trinajstić information content (AvgIpc) is 3.07. The Morgan fingerprint density at radius 2 is 2.30 bits per heavy atom. The molecule has 0 aromatic carbocycles. The Morgan fingerprint density at radius 1 is 1.45 bits per heavy atom. The molecule has 0 aliphatic carbocycles. The van der Waals surface area contributed by atoms with Gasteiger partial charge in [0.2, 0.25) is 5.91 Å². The first kappa shape index (κ1) is 13.2. The lowest BCUT2D eigenvalue weighted by Gasteiger charge is -2.12. The summed E-state index contributed by atoms with van der Waals surface area (Å²) in [6.07, 6.45) is 0. The zero-order valence-electron chi connectivity index (χ0n) is 10.3. The Labute approximate surface area is 122 Å². The zero-order chi connectivity index (χ0) is 14.1. The van der Waals surface area contributed by atoms with Gasteiger partial charge >= 0.3 is 0 Å². The Bertz CT molecular complexity index is 646. The van der Waals surface area contributed by atoms with Crippen molar-refractivity contribution in [3.63, 3.8) is 0 Å². The number of nitrogens with one attached hydrogen (secondary N) is 2. The molecule has 6 nitrogen and oxygen atoms in total. The van der Waals surface area contributed by atoms with Crippen molar-refractivity contribution in [2.45, 2.75) is 0 Å². The molecule has 3 amide bonds. The van der Waals surface area contributed by atoms with Crippen molar-refractivity contribution in [3.8, 4) is 0 Å². The molecule has 1 aliphatic heterocycles. The molecule has 8 heteroatoms. The smallest absolute Gasteiger partial charge is 0.288 e. The average molecular weight is 309 g/mol. The van der Waals surface area contributed by atoms with E-state index in [4.69, 9.17) is 0 Å². The molecule has 2 aromatic heterocycles. The molecule has 1 aliphatic rings. The Morgan fingerprint density at radius 3 is 3.00 bits per heavy atom. The van der Waals surface area contributed by atoms with Crippen molar-refractivity contribution in [1.82, 2.24) is 15.2 Å². The molecule has 1 fully saturated rings. The lowest BCUT2D eigenvalue weighted by Crippen LogP contribution is -2.37. The van der Waals surface area contributed by atoms with E-state index >= 15 is 0 Å². The monoisotopic (exact) mass is 309 g/mol. The first-order valence-electron chi connectivity index (χ1n) is 5.96. The largest absolute Gasteiger partial charge is 0.350 e. The molecule has 0 radical (unpaired) electrons. The highest BCUT2D eigenvalue weighted by atomic mass is 32.2. The van der Waals surface area contributed by atoms with Crippen LogP contribution in [0.15, 0.2) is 17.5 Å². The van der Waals surface area contributed by atoms with Crippen molar-refractivity contribution >= 4 is 50.4 Å². The van der Waals surface area contributed by atoms with Gasteiger partial charge in [0.15, 0.2) is 0 Å². The van der Waals surface area contributed by atoms with E-state index in [1.165, 1.54) is 0 Å². The minimum atomic E-state index is -0.246. The van der Waals surface area contributed by atoms with Crippen molar-refractivity contribution < 1.29 is 14.4 Å². The van der Waals surface area contributed by atoms with Crippen LogP contribution < -0.4 is 5.32 Å². The number of rotatable bonds is 4. The van der Waals surface area contributed by atoms with Crippen molar-refractivity contribution in [2.75, 3.05) is 18.8 Å². The Balaban J connectivity index is 1.56. The van der Waals surface area contributed by atoms with Crippen molar-refractivity contribution in [2.24, 2.45) is 0 Å². The summed E-state index contributed by atoms with van der Waals surface area (Å²) in [5, 5.41) is 4.40. The van der Waals surface area contributed by atoms with E-state index in [1.807, 2.05) is 11.4 Å². The van der Waals surface area contributed by atoms with Crippen LogP contribution in [-0.4, -0.2) is 45.8 Å². The summed E-state index contributed by atoms with van der Waals surface area (Å²) in [6.45, 7) is 0.467. The standard InChI is InChI=1S/C12H11N3O3S2/c16-10-6-20-12(18)15(10)3-2-13-11(17)8-5-9-7(14-8)1-4-19-9/h1,4-5,14H,2-3,6H2,(H,13,17). The summed E-state index contributed by atoms with van der Waals surface area (Å²) in [6, 6.07) is 3.70. The molecule has 2 aromatic rings. The van der Waals surface area contributed by atoms with E-state index in [9.17, 15) is 14.4 Å². The number of carbonyl (C=O) groups is 3. The number of hydrogen-bond donors (Lipinski definition) is 2. The van der Waals surface area contributed by atoms with E-state index in [0.717, 1.165) is 26.9 Å². The molecule has 2 N–H and O–H groups in total. The van der Waals surface area contributed by atoms with E-state index in [1.54, 1.807) is 17.4 Å². The lowest BCUT2D eigenvalue weighted by atomic mass is 10.4. The maximum Gasteiger partial charge on any atom is 0.288 e. The second-order valence-electron chi connectivity index (χ2n) is 4.24. The summed E-state index contributed by atoms with van der Waals surface area (Å²) in [7, 11) is 0. The third kappa shape index (κ3) is 2.44. The maximum absolute atomic E-state index is 11.9. The van der Waals surface area contributed by atoms with Crippen molar-refractivity contribution in [3.05, 3.63) is 23.2 Å². The molecule has 0 unspecified atom stereocenters. The highest BCUT2D eigenvalue weighted by molar-refractivity contribution is 8.14. The van der Waals surface area contributed by atoms with Crippen LogP contribution in [0.4, 0.5) is 4.79 Å². The van der Waals surface area contributed by atoms with Gasteiger partial charge in [-0.3, -0.25) is 19.3 Å². The van der Waals surface area contributed by atoms with Gasteiger partial charge in [-0.2, -0.15) is 0 Å². The SMILES string of the molecule is O=C(NCCN1C(=O)CSC1=O)c1cc2sccc2[nH]1. The van der Waals surface area contributed by atoms with Gasteiger partial charge in [-0.25, -0.2) is 0 Å². The minimum absolute atomic E-state index is 0.194. The quantitative estimate of drug-likeness (QED) is 0.900. The van der Waals surface area contributed by atoms with Gasteiger partial charge in [-0.05, 0) is 17.5 Å². The van der Waals surface area contributed by atoms with Crippen LogP contribution in [0.1, 0.15) is 10.5 Å². The van der Waals surface area contributed by atoms with Gasteiger partial charge in [0.1, 0.15) is 5.69 Å². The van der Waals surface area contributed by atoms with Crippen molar-refractivity contribution in [1.29, 1.82) is 0 Å². The fourth-order valence-electron chi connectivity index (χ4n) is 1.94. The molecule has 0 saturated carbocycles. The van der Waals surface area contributed by atoms with Crippen LogP contribution in [0, 0.1) is 0 Å². The van der Waals surface area contributed by atoms with Gasteiger partial charge in [-0.15, -0.1) is 11.3 Å². The van der Waals surface area contributed by atoms with Gasteiger partial charge in [-0.1, -0.05) is 11.8 Å². The third-order valence-corrected chi connectivity index (χ3v) is 4.67. The van der Waals surface area contributed by atoms with E-state index in [0.29, 0.717) is 5.69 Å². The number of nitrogens with zero attached hydrogens (tertiary/aromatic N) is 1. The van der Waals surface area contributed by atoms with Gasteiger partial charge in [0.05, 0.1) is 16.0 Å². The number of thioether (sulfide) groups is 1. The topological polar surface area (TPSA) is 82.3 Å². The first-order chi connectivity index (χ1) is 9.65. The molecule has 104 valence electrons. The van der Waals surface area contributed by atoms with E-state index < -0.39 is 0 Å². The third-order valence-electron chi connectivity index (χ3n) is 2.95. The number of thiophene rings is 1. The number of carbonyl (C=O) groups excluding carboxylic acids is 3. The number of aromatic nitrogens is 1. The number of aromatic amines is 1. The highest BCUT2D eigenvalue weighted by Gasteiger charge is 2.29. The molecule has 3 rings (SSSR count). The molecular formula is C12H11N3O3S2. The van der Waals surface area contributed by atoms with E-state index in [-0.39, 0.29) is 35.9 Å². The first-order valence-corrected chi connectivity index (χ1v) is 7.83.